The number of carboxylic acid groups (broad SMARTS) is 1. The van der Waals surface area contributed by atoms with Crippen LogP contribution in [0, 0.1) is 23.5 Å². The molecule has 0 radical (unpaired) electrons. The number of carbonyl (C=O) groups is 1. The second-order valence-corrected chi connectivity index (χ2v) is 10.1. The molecule has 0 aliphatic carbocycles. The van der Waals surface area contributed by atoms with Gasteiger partial charge in [-0.25, -0.2) is 8.78 Å². The number of benzene rings is 2. The van der Waals surface area contributed by atoms with Gasteiger partial charge in [-0.15, -0.1) is 11.8 Å². The van der Waals surface area contributed by atoms with Gasteiger partial charge >= 0.3 is 5.97 Å². The first-order valence-corrected chi connectivity index (χ1v) is 12.9. The molecule has 1 N–H and O–H groups in total. The van der Waals surface area contributed by atoms with Crippen LogP contribution in [0.4, 0.5) is 8.78 Å². The summed E-state index contributed by atoms with van der Waals surface area (Å²) in [5.41, 5.74) is 1.32. The topological polar surface area (TPSA) is 62.7 Å². The van der Waals surface area contributed by atoms with Crippen LogP contribution in [0.5, 0.6) is 5.75 Å². The molecule has 1 fully saturated rings. The molecule has 4 rings (SSSR count). The summed E-state index contributed by atoms with van der Waals surface area (Å²) in [6.45, 7) is 2.10. The van der Waals surface area contributed by atoms with Crippen molar-refractivity contribution in [1.82, 2.24) is 9.88 Å². The lowest BCUT2D eigenvalue weighted by Gasteiger charge is -2.36. The number of methoxy groups -OCH3 is 1. The number of hydrogen-bond donors (Lipinski definition) is 1. The Kier molecular flexibility index (Phi) is 8.57. The molecular weight excluding hydrogens is 470 g/mol. The van der Waals surface area contributed by atoms with E-state index in [0.717, 1.165) is 47.5 Å². The molecule has 2 aromatic carbocycles. The highest BCUT2D eigenvalue weighted by molar-refractivity contribution is 7.99. The van der Waals surface area contributed by atoms with Crippen molar-refractivity contribution in [3.05, 3.63) is 65.9 Å². The highest BCUT2D eigenvalue weighted by Gasteiger charge is 2.33. The standard InChI is InChI=1S/C27H30F2N2O3S/c1-34-20-8-9-26-23(15-20)22(25(29)16-30-26)7-2-4-18-10-11-31(17-24(18)27(32)33)12-13-35-21-6-3-5-19(28)14-21/h3,5-6,8-9,14-16,18,24H,2,4,7,10-13,17H2,1H3,(H,32,33). The molecule has 2 heterocycles. The fourth-order valence-corrected chi connectivity index (χ4v) is 5.83. The van der Waals surface area contributed by atoms with Crippen molar-refractivity contribution in [1.29, 1.82) is 0 Å². The Balaban J connectivity index is 1.32. The number of pyridine rings is 1. The number of carboxylic acids is 1. The molecule has 1 aromatic heterocycles. The number of halogens is 2. The van der Waals surface area contributed by atoms with Gasteiger partial charge in [-0.05, 0) is 80.1 Å². The summed E-state index contributed by atoms with van der Waals surface area (Å²) in [5.74, 6) is -0.319. The minimum atomic E-state index is -0.775. The van der Waals surface area contributed by atoms with Crippen LogP contribution < -0.4 is 4.74 Å². The average Bonchev–Trinajstić information content (AvgIpc) is 2.85. The first-order chi connectivity index (χ1) is 16.9. The van der Waals surface area contributed by atoms with E-state index in [9.17, 15) is 18.7 Å². The zero-order chi connectivity index (χ0) is 24.8. The third-order valence-corrected chi connectivity index (χ3v) is 7.74. The molecule has 35 heavy (non-hydrogen) atoms. The quantitative estimate of drug-likeness (QED) is 0.363. The Morgan fingerprint density at radius 3 is 2.89 bits per heavy atom. The van der Waals surface area contributed by atoms with E-state index < -0.39 is 11.9 Å². The lowest BCUT2D eigenvalue weighted by atomic mass is 9.81. The van der Waals surface area contributed by atoms with Crippen molar-refractivity contribution >= 4 is 28.6 Å². The monoisotopic (exact) mass is 500 g/mol. The van der Waals surface area contributed by atoms with E-state index in [2.05, 4.69) is 9.88 Å². The molecule has 0 amide bonds. The van der Waals surface area contributed by atoms with E-state index in [1.54, 1.807) is 37.1 Å². The smallest absolute Gasteiger partial charge is 0.308 e. The number of nitrogens with zero attached hydrogens (tertiary/aromatic N) is 2. The van der Waals surface area contributed by atoms with Crippen LogP contribution in [0.2, 0.25) is 0 Å². The summed E-state index contributed by atoms with van der Waals surface area (Å²) in [6, 6.07) is 11.9. The molecule has 1 saturated heterocycles. The zero-order valence-electron chi connectivity index (χ0n) is 19.8. The SMILES string of the molecule is COc1ccc2ncc(F)c(CCCC3CCN(CCSc4cccc(F)c4)CC3C(=O)O)c2c1. The van der Waals surface area contributed by atoms with Gasteiger partial charge in [0.25, 0.3) is 0 Å². The van der Waals surface area contributed by atoms with Crippen molar-refractivity contribution < 1.29 is 23.4 Å². The average molecular weight is 501 g/mol. The van der Waals surface area contributed by atoms with Gasteiger partial charge in [0.05, 0.1) is 24.7 Å². The van der Waals surface area contributed by atoms with Gasteiger partial charge in [-0.3, -0.25) is 9.78 Å². The maximum atomic E-state index is 14.6. The van der Waals surface area contributed by atoms with Gasteiger partial charge in [0.15, 0.2) is 0 Å². The van der Waals surface area contributed by atoms with Gasteiger partial charge in [0.2, 0.25) is 0 Å². The van der Waals surface area contributed by atoms with Gasteiger partial charge in [0.1, 0.15) is 17.4 Å². The Bertz CT molecular complexity index is 1180. The number of hydrogen-bond acceptors (Lipinski definition) is 5. The largest absolute Gasteiger partial charge is 0.497 e. The molecule has 5 nitrogen and oxygen atoms in total. The third kappa shape index (κ3) is 6.49. The molecule has 0 spiro atoms. The highest BCUT2D eigenvalue weighted by atomic mass is 32.2. The summed E-state index contributed by atoms with van der Waals surface area (Å²) in [4.78, 5) is 19.3. The van der Waals surface area contributed by atoms with Crippen LogP contribution in [0.15, 0.2) is 53.6 Å². The predicted octanol–water partition coefficient (Wildman–Crippen LogP) is 5.66. The number of thioether (sulfide) groups is 1. The van der Waals surface area contributed by atoms with Gasteiger partial charge < -0.3 is 14.7 Å². The van der Waals surface area contributed by atoms with Crippen molar-refractivity contribution in [2.45, 2.75) is 30.6 Å². The molecule has 186 valence electrons. The molecule has 2 unspecified atom stereocenters. The highest BCUT2D eigenvalue weighted by Crippen LogP contribution is 2.31. The maximum absolute atomic E-state index is 14.6. The number of ether oxygens (including phenoxy) is 1. The van der Waals surface area contributed by atoms with Gasteiger partial charge in [-0.2, -0.15) is 0 Å². The molecule has 3 aromatic rings. The summed E-state index contributed by atoms with van der Waals surface area (Å²) in [5, 5.41) is 10.6. The predicted molar refractivity (Wildman–Crippen MR) is 134 cm³/mol. The number of likely N-dealkylation sites (tertiary alicyclic amines) is 1. The van der Waals surface area contributed by atoms with E-state index in [1.807, 2.05) is 12.1 Å². The number of aryl methyl sites for hydroxylation is 1. The number of aromatic nitrogens is 1. The fourth-order valence-electron chi connectivity index (χ4n) is 4.87. The van der Waals surface area contributed by atoms with E-state index in [4.69, 9.17) is 4.74 Å². The molecule has 1 aliphatic rings. The van der Waals surface area contributed by atoms with E-state index in [0.29, 0.717) is 30.7 Å². The first-order valence-electron chi connectivity index (χ1n) is 11.9. The minimum Gasteiger partial charge on any atom is -0.497 e. The van der Waals surface area contributed by atoms with Crippen molar-refractivity contribution in [3.8, 4) is 5.75 Å². The van der Waals surface area contributed by atoms with Crippen LogP contribution in [-0.4, -0.2) is 53.5 Å². The molecular formula is C27H30F2N2O3S. The molecule has 1 aliphatic heterocycles. The second kappa shape index (κ2) is 11.8. The summed E-state index contributed by atoms with van der Waals surface area (Å²) < 4.78 is 33.3. The van der Waals surface area contributed by atoms with Crippen LogP contribution in [0.3, 0.4) is 0 Å². The van der Waals surface area contributed by atoms with E-state index in [1.165, 1.54) is 18.3 Å². The van der Waals surface area contributed by atoms with Crippen molar-refractivity contribution in [2.75, 3.05) is 32.5 Å². The zero-order valence-corrected chi connectivity index (χ0v) is 20.6. The maximum Gasteiger partial charge on any atom is 0.308 e. The Hall–Kier alpha value is -2.71. The number of rotatable bonds is 10. The summed E-state index contributed by atoms with van der Waals surface area (Å²) in [6.07, 6.45) is 4.02. The molecule has 0 bridgehead atoms. The Morgan fingerprint density at radius 1 is 1.26 bits per heavy atom. The summed E-state index contributed by atoms with van der Waals surface area (Å²) >= 11 is 1.58. The van der Waals surface area contributed by atoms with E-state index in [-0.39, 0.29) is 17.6 Å². The number of piperidine rings is 1. The normalized spacial score (nSPS) is 18.6. The lowest BCUT2D eigenvalue weighted by Crippen LogP contribution is -2.44. The summed E-state index contributed by atoms with van der Waals surface area (Å²) in [7, 11) is 1.58. The Labute approximate surface area is 208 Å². The number of fused-ring (bicyclic) bond motifs is 1. The lowest BCUT2D eigenvalue weighted by molar-refractivity contribution is -0.146. The van der Waals surface area contributed by atoms with Crippen molar-refractivity contribution in [3.63, 3.8) is 0 Å². The third-order valence-electron chi connectivity index (χ3n) is 6.77. The second-order valence-electron chi connectivity index (χ2n) is 8.96. The van der Waals surface area contributed by atoms with Crippen LogP contribution >= 0.6 is 11.8 Å². The number of aliphatic carboxylic acids is 1. The van der Waals surface area contributed by atoms with Gasteiger partial charge in [-0.1, -0.05) is 6.07 Å². The minimum absolute atomic E-state index is 0.0605. The van der Waals surface area contributed by atoms with Crippen LogP contribution in [0.25, 0.3) is 10.9 Å². The van der Waals surface area contributed by atoms with Crippen LogP contribution in [0.1, 0.15) is 24.8 Å². The van der Waals surface area contributed by atoms with Crippen LogP contribution in [-0.2, 0) is 11.2 Å². The Morgan fingerprint density at radius 2 is 2.11 bits per heavy atom. The molecule has 8 heteroatoms. The molecule has 2 atom stereocenters. The van der Waals surface area contributed by atoms with Crippen molar-refractivity contribution in [2.24, 2.45) is 11.8 Å². The molecule has 0 saturated carbocycles. The van der Waals surface area contributed by atoms with E-state index >= 15 is 0 Å². The van der Waals surface area contributed by atoms with Gasteiger partial charge in [0, 0.05) is 29.1 Å². The first kappa shape index (κ1) is 25.4. The fraction of sp³-hybridized carbons (Fsp3) is 0.407.